The minimum atomic E-state index is -0.139. The van der Waals surface area contributed by atoms with Crippen LogP contribution >= 0.6 is 23.4 Å². The molecule has 0 aliphatic rings. The highest BCUT2D eigenvalue weighted by atomic mass is 35.5. The number of halogens is 1. The second-order valence-electron chi connectivity index (χ2n) is 6.23. The van der Waals surface area contributed by atoms with Gasteiger partial charge in [-0.3, -0.25) is 9.36 Å². The Labute approximate surface area is 178 Å². The molecule has 29 heavy (non-hydrogen) atoms. The number of amides is 1. The van der Waals surface area contributed by atoms with Crippen LogP contribution in [-0.2, 0) is 11.3 Å². The van der Waals surface area contributed by atoms with E-state index in [0.717, 1.165) is 16.9 Å². The number of hydrogen-bond donors (Lipinski definition) is 1. The van der Waals surface area contributed by atoms with Crippen LogP contribution in [0.1, 0.15) is 5.56 Å². The number of rotatable bonds is 8. The quantitative estimate of drug-likeness (QED) is 0.411. The molecule has 3 aromatic rings. The minimum Gasteiger partial charge on any atom is -0.497 e. The summed E-state index contributed by atoms with van der Waals surface area (Å²) in [6.07, 6.45) is 1.77. The van der Waals surface area contributed by atoms with Crippen LogP contribution in [0.15, 0.2) is 60.3 Å². The number of anilines is 1. The Kier molecular flexibility index (Phi) is 6.95. The van der Waals surface area contributed by atoms with Gasteiger partial charge in [0, 0.05) is 22.8 Å². The van der Waals surface area contributed by atoms with Gasteiger partial charge in [-0.15, -0.1) is 16.8 Å². The summed E-state index contributed by atoms with van der Waals surface area (Å²) in [5.74, 6) is 1.54. The van der Waals surface area contributed by atoms with Crippen molar-refractivity contribution in [2.45, 2.75) is 18.6 Å². The van der Waals surface area contributed by atoms with Gasteiger partial charge in [0.2, 0.25) is 5.91 Å². The molecule has 0 aliphatic heterocycles. The summed E-state index contributed by atoms with van der Waals surface area (Å²) < 4.78 is 7.13. The van der Waals surface area contributed by atoms with Gasteiger partial charge in [0.15, 0.2) is 11.0 Å². The number of hydrogen-bond acceptors (Lipinski definition) is 5. The van der Waals surface area contributed by atoms with Crippen LogP contribution in [0.25, 0.3) is 11.4 Å². The number of aryl methyl sites for hydroxylation is 1. The fourth-order valence-corrected chi connectivity index (χ4v) is 3.61. The van der Waals surface area contributed by atoms with Crippen LogP contribution in [-0.4, -0.2) is 33.5 Å². The number of thioether (sulfide) groups is 1. The number of methoxy groups -OCH3 is 1. The van der Waals surface area contributed by atoms with Crippen molar-refractivity contribution in [3.8, 4) is 17.1 Å². The van der Waals surface area contributed by atoms with Crippen LogP contribution in [0.3, 0.4) is 0 Å². The molecule has 0 atom stereocenters. The lowest BCUT2D eigenvalue weighted by molar-refractivity contribution is -0.113. The van der Waals surface area contributed by atoms with Gasteiger partial charge in [0.05, 0.1) is 12.9 Å². The molecule has 1 N–H and O–H groups in total. The molecule has 3 rings (SSSR count). The fraction of sp³-hybridized carbons (Fsp3) is 0.190. The number of carbonyl (C=O) groups excluding carboxylic acids is 1. The predicted octanol–water partition coefficient (Wildman–Crippen LogP) is 4.83. The summed E-state index contributed by atoms with van der Waals surface area (Å²) in [5, 5.41) is 12.7. The number of ether oxygens (including phenoxy) is 1. The van der Waals surface area contributed by atoms with E-state index in [9.17, 15) is 4.79 Å². The van der Waals surface area contributed by atoms with Gasteiger partial charge >= 0.3 is 0 Å². The Bertz CT molecular complexity index is 1020. The van der Waals surface area contributed by atoms with E-state index in [-0.39, 0.29) is 11.7 Å². The van der Waals surface area contributed by atoms with Crippen molar-refractivity contribution in [2.24, 2.45) is 0 Å². The van der Waals surface area contributed by atoms with Gasteiger partial charge in [-0.2, -0.15) is 0 Å². The zero-order chi connectivity index (χ0) is 20.8. The summed E-state index contributed by atoms with van der Waals surface area (Å²) >= 11 is 7.33. The number of nitrogens with zero attached hydrogens (tertiary/aromatic N) is 3. The van der Waals surface area contributed by atoms with Gasteiger partial charge in [-0.05, 0) is 48.9 Å². The van der Waals surface area contributed by atoms with Crippen LogP contribution in [0.4, 0.5) is 5.69 Å². The van der Waals surface area contributed by atoms with Gasteiger partial charge in [-0.1, -0.05) is 35.5 Å². The molecule has 150 valence electrons. The van der Waals surface area contributed by atoms with E-state index in [1.165, 1.54) is 11.8 Å². The monoisotopic (exact) mass is 428 g/mol. The first-order chi connectivity index (χ1) is 14.0. The molecule has 0 radical (unpaired) electrons. The van der Waals surface area contributed by atoms with E-state index in [1.807, 2.05) is 41.8 Å². The first kappa shape index (κ1) is 21.0. The van der Waals surface area contributed by atoms with Gasteiger partial charge in [-0.25, -0.2) is 0 Å². The Balaban J connectivity index is 1.73. The van der Waals surface area contributed by atoms with Crippen molar-refractivity contribution in [2.75, 3.05) is 18.2 Å². The Hall–Kier alpha value is -2.77. The van der Waals surface area contributed by atoms with Gasteiger partial charge in [0.1, 0.15) is 5.75 Å². The average molecular weight is 429 g/mol. The van der Waals surface area contributed by atoms with E-state index in [4.69, 9.17) is 16.3 Å². The number of aromatic nitrogens is 3. The molecular formula is C21H21ClN4O2S. The normalized spacial score (nSPS) is 10.6. The fourth-order valence-electron chi connectivity index (χ4n) is 2.69. The molecule has 0 fully saturated rings. The number of allylic oxidation sites excluding steroid dienone is 1. The van der Waals surface area contributed by atoms with Crippen LogP contribution in [0, 0.1) is 6.92 Å². The second kappa shape index (κ2) is 9.62. The first-order valence-corrected chi connectivity index (χ1v) is 10.3. The van der Waals surface area contributed by atoms with E-state index in [0.29, 0.717) is 28.2 Å². The maximum Gasteiger partial charge on any atom is 0.234 e. The lowest BCUT2D eigenvalue weighted by atomic mass is 10.2. The predicted molar refractivity (Wildman–Crippen MR) is 118 cm³/mol. The molecule has 0 unspecified atom stereocenters. The molecule has 1 amide bonds. The maximum atomic E-state index is 12.4. The van der Waals surface area contributed by atoms with Crippen molar-refractivity contribution >= 4 is 35.0 Å². The molecule has 2 aromatic carbocycles. The lowest BCUT2D eigenvalue weighted by Gasteiger charge is -2.10. The SMILES string of the molecule is C=CCn1c(SCC(=O)Nc2cc(Cl)ccc2C)nnc1-c1ccc(OC)cc1. The third kappa shape index (κ3) is 5.19. The summed E-state index contributed by atoms with van der Waals surface area (Å²) in [5.41, 5.74) is 2.56. The molecule has 6 nitrogen and oxygen atoms in total. The van der Waals surface area contributed by atoms with Crippen molar-refractivity contribution in [3.63, 3.8) is 0 Å². The highest BCUT2D eigenvalue weighted by Gasteiger charge is 2.15. The van der Waals surface area contributed by atoms with Gasteiger partial charge < -0.3 is 10.1 Å². The van der Waals surface area contributed by atoms with Crippen molar-refractivity contribution in [1.29, 1.82) is 0 Å². The van der Waals surface area contributed by atoms with E-state index < -0.39 is 0 Å². The molecule has 0 spiro atoms. The zero-order valence-corrected chi connectivity index (χ0v) is 17.8. The number of carbonyl (C=O) groups is 1. The summed E-state index contributed by atoms with van der Waals surface area (Å²) in [7, 11) is 1.62. The molecular weight excluding hydrogens is 408 g/mol. The van der Waals surface area contributed by atoms with Crippen molar-refractivity contribution < 1.29 is 9.53 Å². The van der Waals surface area contributed by atoms with Crippen LogP contribution in [0.5, 0.6) is 5.75 Å². The Morgan fingerprint density at radius 2 is 2.03 bits per heavy atom. The average Bonchev–Trinajstić information content (AvgIpc) is 3.12. The van der Waals surface area contributed by atoms with E-state index in [1.54, 1.807) is 25.3 Å². The molecule has 8 heteroatoms. The van der Waals surface area contributed by atoms with Crippen LogP contribution in [0.2, 0.25) is 5.02 Å². The first-order valence-electron chi connectivity index (χ1n) is 8.89. The van der Waals surface area contributed by atoms with Crippen LogP contribution < -0.4 is 10.1 Å². The van der Waals surface area contributed by atoms with Gasteiger partial charge in [0.25, 0.3) is 0 Å². The third-order valence-corrected chi connectivity index (χ3v) is 5.38. The maximum absolute atomic E-state index is 12.4. The third-order valence-electron chi connectivity index (χ3n) is 4.18. The number of benzene rings is 2. The highest BCUT2D eigenvalue weighted by Crippen LogP contribution is 2.26. The topological polar surface area (TPSA) is 69.0 Å². The van der Waals surface area contributed by atoms with Crippen molar-refractivity contribution in [1.82, 2.24) is 14.8 Å². The Morgan fingerprint density at radius 3 is 2.72 bits per heavy atom. The molecule has 1 heterocycles. The largest absolute Gasteiger partial charge is 0.497 e. The van der Waals surface area contributed by atoms with E-state index >= 15 is 0 Å². The van der Waals surface area contributed by atoms with Crippen molar-refractivity contribution in [3.05, 3.63) is 65.7 Å². The summed E-state index contributed by atoms with van der Waals surface area (Å²) in [6, 6.07) is 13.0. The van der Waals surface area contributed by atoms with E-state index in [2.05, 4.69) is 22.1 Å². The molecule has 1 aromatic heterocycles. The number of nitrogens with one attached hydrogen (secondary N) is 1. The Morgan fingerprint density at radius 1 is 1.28 bits per heavy atom. The standard InChI is InChI=1S/C21H21ClN4O2S/c1-4-11-26-20(15-6-9-17(28-3)10-7-15)24-25-21(26)29-13-19(27)23-18-12-16(22)8-5-14(18)2/h4-10,12H,1,11,13H2,2-3H3,(H,23,27). The lowest BCUT2D eigenvalue weighted by Crippen LogP contribution is -2.15. The minimum absolute atomic E-state index is 0.139. The molecule has 0 bridgehead atoms. The zero-order valence-electron chi connectivity index (χ0n) is 16.2. The second-order valence-corrected chi connectivity index (χ2v) is 7.61. The summed E-state index contributed by atoms with van der Waals surface area (Å²) in [6.45, 7) is 6.26. The molecule has 0 aliphatic carbocycles. The molecule has 0 saturated carbocycles. The smallest absolute Gasteiger partial charge is 0.234 e. The summed E-state index contributed by atoms with van der Waals surface area (Å²) in [4.78, 5) is 12.4. The molecule has 0 saturated heterocycles. The highest BCUT2D eigenvalue weighted by molar-refractivity contribution is 7.99.